The van der Waals surface area contributed by atoms with Crippen LogP contribution in [0.3, 0.4) is 0 Å². The summed E-state index contributed by atoms with van der Waals surface area (Å²) < 4.78 is 4.78. The highest BCUT2D eigenvalue weighted by Crippen LogP contribution is 2.19. The van der Waals surface area contributed by atoms with Gasteiger partial charge in [0.1, 0.15) is 0 Å². The van der Waals surface area contributed by atoms with Crippen molar-refractivity contribution in [2.24, 2.45) is 0 Å². The quantitative estimate of drug-likeness (QED) is 0.634. The van der Waals surface area contributed by atoms with Gasteiger partial charge in [-0.05, 0) is 25.1 Å². The number of hydrogen-bond donors (Lipinski definition) is 1. The van der Waals surface area contributed by atoms with E-state index in [-0.39, 0.29) is 12.4 Å². The minimum atomic E-state index is -0.424. The molecule has 2 N–H and O–H groups in total. The second-order valence-electron chi connectivity index (χ2n) is 2.46. The summed E-state index contributed by atoms with van der Waals surface area (Å²) in [5.74, 6) is -0.424. The fourth-order valence-electron chi connectivity index (χ4n) is 0.906. The number of nitrogen functional groups attached to an aromatic ring is 1. The van der Waals surface area contributed by atoms with Gasteiger partial charge in [0.2, 0.25) is 0 Å². The van der Waals surface area contributed by atoms with E-state index in [4.69, 9.17) is 22.1 Å². The smallest absolute Gasteiger partial charge is 0.339 e. The summed E-state index contributed by atoms with van der Waals surface area (Å²) >= 11 is 5.78. The lowest BCUT2D eigenvalue weighted by Crippen LogP contribution is -2.05. The highest BCUT2D eigenvalue weighted by molar-refractivity contribution is 6.33. The van der Waals surface area contributed by atoms with Gasteiger partial charge in [-0.2, -0.15) is 0 Å². The van der Waals surface area contributed by atoms with Crippen molar-refractivity contribution in [3.63, 3.8) is 0 Å². The van der Waals surface area contributed by atoms with Crippen molar-refractivity contribution < 1.29 is 9.53 Å². The molecular formula is C9H11Cl2NO2. The van der Waals surface area contributed by atoms with Crippen molar-refractivity contribution in [2.45, 2.75) is 6.92 Å². The molecule has 0 fully saturated rings. The van der Waals surface area contributed by atoms with Crippen LogP contribution in [0.4, 0.5) is 5.69 Å². The van der Waals surface area contributed by atoms with Gasteiger partial charge in [-0.15, -0.1) is 12.4 Å². The van der Waals surface area contributed by atoms with Crippen LogP contribution in [0.5, 0.6) is 0 Å². The Hall–Kier alpha value is -0.930. The third-order valence-electron chi connectivity index (χ3n) is 1.49. The molecule has 0 aliphatic carbocycles. The molecule has 0 radical (unpaired) electrons. The third kappa shape index (κ3) is 3.09. The van der Waals surface area contributed by atoms with Crippen molar-refractivity contribution in [1.82, 2.24) is 0 Å². The molecule has 0 unspecified atom stereocenters. The van der Waals surface area contributed by atoms with Gasteiger partial charge in [0.25, 0.3) is 0 Å². The number of esters is 1. The standard InChI is InChI=1S/C9H10ClNO2.ClH/c1-2-13-9(12)7-4-3-6(11)5-8(7)10;/h3-5H,2,11H2,1H3;1H. The zero-order chi connectivity index (χ0) is 9.84. The van der Waals surface area contributed by atoms with Crippen LogP contribution in [0.2, 0.25) is 5.02 Å². The highest BCUT2D eigenvalue weighted by atomic mass is 35.5. The Morgan fingerprint density at radius 1 is 1.57 bits per heavy atom. The molecule has 3 nitrogen and oxygen atoms in total. The van der Waals surface area contributed by atoms with Crippen LogP contribution in [-0.2, 0) is 4.74 Å². The van der Waals surface area contributed by atoms with Crippen molar-refractivity contribution in [1.29, 1.82) is 0 Å². The Morgan fingerprint density at radius 2 is 2.21 bits per heavy atom. The average molecular weight is 236 g/mol. The summed E-state index contributed by atoms with van der Waals surface area (Å²) in [4.78, 5) is 11.2. The lowest BCUT2D eigenvalue weighted by molar-refractivity contribution is 0.0526. The summed E-state index contributed by atoms with van der Waals surface area (Å²) in [6.07, 6.45) is 0. The van der Waals surface area contributed by atoms with Gasteiger partial charge in [-0.25, -0.2) is 4.79 Å². The number of ether oxygens (including phenoxy) is 1. The van der Waals surface area contributed by atoms with Crippen LogP contribution in [0.25, 0.3) is 0 Å². The number of anilines is 1. The van der Waals surface area contributed by atoms with Crippen molar-refractivity contribution >= 4 is 35.7 Å². The highest BCUT2D eigenvalue weighted by Gasteiger charge is 2.10. The normalized spacial score (nSPS) is 9.00. The third-order valence-corrected chi connectivity index (χ3v) is 1.80. The molecular weight excluding hydrogens is 225 g/mol. The Morgan fingerprint density at radius 3 is 2.71 bits per heavy atom. The molecule has 0 amide bonds. The number of rotatable bonds is 2. The number of carbonyl (C=O) groups is 1. The van der Waals surface area contributed by atoms with Crippen LogP contribution in [0.15, 0.2) is 18.2 Å². The van der Waals surface area contributed by atoms with Gasteiger partial charge in [-0.3, -0.25) is 0 Å². The van der Waals surface area contributed by atoms with Crippen LogP contribution in [-0.4, -0.2) is 12.6 Å². The van der Waals surface area contributed by atoms with E-state index in [1.165, 1.54) is 6.07 Å². The lowest BCUT2D eigenvalue weighted by Gasteiger charge is -2.03. The van der Waals surface area contributed by atoms with Crippen molar-refractivity contribution in [3.8, 4) is 0 Å². The Bertz CT molecular complexity index is 329. The summed E-state index contributed by atoms with van der Waals surface area (Å²) in [5, 5.41) is 0.318. The molecule has 14 heavy (non-hydrogen) atoms. The van der Waals surface area contributed by atoms with Gasteiger partial charge in [-0.1, -0.05) is 11.6 Å². The van der Waals surface area contributed by atoms with Crippen LogP contribution in [0.1, 0.15) is 17.3 Å². The Labute approximate surface area is 93.6 Å². The molecule has 78 valence electrons. The molecule has 1 rings (SSSR count). The van der Waals surface area contributed by atoms with E-state index >= 15 is 0 Å². The fraction of sp³-hybridized carbons (Fsp3) is 0.222. The van der Waals surface area contributed by atoms with Gasteiger partial charge < -0.3 is 10.5 Å². The molecule has 1 aromatic rings. The van der Waals surface area contributed by atoms with Crippen LogP contribution < -0.4 is 5.73 Å². The summed E-state index contributed by atoms with van der Waals surface area (Å²) in [6.45, 7) is 2.07. The van der Waals surface area contributed by atoms with Crippen LogP contribution >= 0.6 is 24.0 Å². The first-order chi connectivity index (χ1) is 6.15. The molecule has 0 aliphatic heterocycles. The van der Waals surface area contributed by atoms with E-state index < -0.39 is 5.97 Å². The number of hydrogen-bond acceptors (Lipinski definition) is 3. The molecule has 0 spiro atoms. The topological polar surface area (TPSA) is 52.3 Å². The average Bonchev–Trinajstić information content (AvgIpc) is 2.04. The van der Waals surface area contributed by atoms with Crippen LogP contribution in [0, 0.1) is 0 Å². The van der Waals surface area contributed by atoms with Gasteiger partial charge >= 0.3 is 5.97 Å². The first-order valence-electron chi connectivity index (χ1n) is 3.87. The predicted molar refractivity (Wildman–Crippen MR) is 59.1 cm³/mol. The summed E-state index contributed by atoms with van der Waals surface area (Å²) in [6, 6.07) is 4.68. The van der Waals surface area contributed by atoms with Gasteiger partial charge in [0, 0.05) is 5.69 Å². The van der Waals surface area contributed by atoms with Gasteiger partial charge in [0.05, 0.1) is 17.2 Å². The minimum absolute atomic E-state index is 0. The maximum Gasteiger partial charge on any atom is 0.339 e. The fourth-order valence-corrected chi connectivity index (χ4v) is 1.17. The number of benzene rings is 1. The lowest BCUT2D eigenvalue weighted by atomic mass is 10.2. The second kappa shape index (κ2) is 5.73. The second-order valence-corrected chi connectivity index (χ2v) is 2.87. The van der Waals surface area contributed by atoms with E-state index in [0.29, 0.717) is 22.9 Å². The van der Waals surface area contributed by atoms with E-state index in [0.717, 1.165) is 0 Å². The molecule has 0 aromatic heterocycles. The van der Waals surface area contributed by atoms with E-state index in [1.807, 2.05) is 0 Å². The largest absolute Gasteiger partial charge is 0.462 e. The zero-order valence-electron chi connectivity index (χ0n) is 7.62. The molecule has 0 aliphatic rings. The predicted octanol–water partition coefficient (Wildman–Crippen LogP) is 2.52. The van der Waals surface area contributed by atoms with Crippen molar-refractivity contribution in [3.05, 3.63) is 28.8 Å². The number of halogens is 2. The monoisotopic (exact) mass is 235 g/mol. The molecule has 0 saturated carbocycles. The zero-order valence-corrected chi connectivity index (χ0v) is 9.19. The Balaban J connectivity index is 0.00000169. The van der Waals surface area contributed by atoms with E-state index in [9.17, 15) is 4.79 Å². The SMILES string of the molecule is CCOC(=O)c1ccc(N)cc1Cl.Cl. The Kier molecular flexibility index (Phi) is 5.35. The molecule has 0 atom stereocenters. The minimum Gasteiger partial charge on any atom is -0.462 e. The molecule has 5 heteroatoms. The summed E-state index contributed by atoms with van der Waals surface area (Å²) in [7, 11) is 0. The molecule has 0 bridgehead atoms. The molecule has 0 heterocycles. The maximum absolute atomic E-state index is 11.2. The first-order valence-corrected chi connectivity index (χ1v) is 4.25. The van der Waals surface area contributed by atoms with E-state index in [2.05, 4.69) is 0 Å². The van der Waals surface area contributed by atoms with E-state index in [1.54, 1.807) is 19.1 Å². The molecule has 0 saturated heterocycles. The number of nitrogens with two attached hydrogens (primary N) is 1. The maximum atomic E-state index is 11.2. The molecule has 1 aromatic carbocycles. The first kappa shape index (κ1) is 13.1. The summed E-state index contributed by atoms with van der Waals surface area (Å²) in [5.41, 5.74) is 6.34. The number of carbonyl (C=O) groups excluding carboxylic acids is 1. The van der Waals surface area contributed by atoms with Crippen molar-refractivity contribution in [2.75, 3.05) is 12.3 Å². The van der Waals surface area contributed by atoms with Gasteiger partial charge in [0.15, 0.2) is 0 Å².